The molecule has 2 aromatic rings. The van der Waals surface area contributed by atoms with Crippen LogP contribution in [0.4, 0.5) is 5.69 Å². The van der Waals surface area contributed by atoms with Crippen LogP contribution >= 0.6 is 11.8 Å². The highest BCUT2D eigenvalue weighted by atomic mass is 32.2. The van der Waals surface area contributed by atoms with Crippen molar-refractivity contribution in [2.24, 2.45) is 0 Å². The number of methoxy groups -OCH3 is 1. The first-order valence-corrected chi connectivity index (χ1v) is 9.33. The summed E-state index contributed by atoms with van der Waals surface area (Å²) in [5.74, 6) is 1.41. The summed E-state index contributed by atoms with van der Waals surface area (Å²) < 4.78 is 7.20. The highest BCUT2D eigenvalue weighted by Gasteiger charge is 2.16. The van der Waals surface area contributed by atoms with Crippen molar-refractivity contribution in [1.82, 2.24) is 14.8 Å². The minimum absolute atomic E-state index is 0.0515. The second-order valence-electron chi connectivity index (χ2n) is 6.30. The highest BCUT2D eigenvalue weighted by molar-refractivity contribution is 7.99. The molecule has 0 aliphatic heterocycles. The van der Waals surface area contributed by atoms with Crippen molar-refractivity contribution in [3.05, 3.63) is 35.2 Å². The van der Waals surface area contributed by atoms with E-state index in [9.17, 15) is 4.79 Å². The van der Waals surface area contributed by atoms with E-state index in [1.807, 2.05) is 30.5 Å². The Balaban J connectivity index is 2.01. The lowest BCUT2D eigenvalue weighted by molar-refractivity contribution is -0.113. The van der Waals surface area contributed by atoms with Gasteiger partial charge < -0.3 is 14.6 Å². The second-order valence-corrected chi connectivity index (χ2v) is 7.24. The number of benzene rings is 1. The minimum Gasteiger partial charge on any atom is -0.383 e. The molecule has 6 nitrogen and oxygen atoms in total. The fraction of sp³-hybridized carbons (Fsp3) is 0.500. The molecule has 7 heteroatoms. The molecule has 0 spiro atoms. The third kappa shape index (κ3) is 5.31. The third-order valence-corrected chi connectivity index (χ3v) is 4.74. The molecule has 1 aromatic heterocycles. The van der Waals surface area contributed by atoms with Gasteiger partial charge in [0.2, 0.25) is 5.91 Å². The summed E-state index contributed by atoms with van der Waals surface area (Å²) in [4.78, 5) is 12.3. The number of carbonyl (C=O) groups excluding carboxylic acids is 1. The Kier molecular flexibility index (Phi) is 7.01. The van der Waals surface area contributed by atoms with Crippen LogP contribution < -0.4 is 5.32 Å². The summed E-state index contributed by atoms with van der Waals surface area (Å²) in [5, 5.41) is 12.2. The number of aryl methyl sites for hydroxylation is 2. The molecular formula is C18H26N4O2S. The van der Waals surface area contributed by atoms with Gasteiger partial charge in [0, 0.05) is 25.3 Å². The van der Waals surface area contributed by atoms with Gasteiger partial charge in [0.05, 0.1) is 12.4 Å². The van der Waals surface area contributed by atoms with E-state index >= 15 is 0 Å². The lowest BCUT2D eigenvalue weighted by Crippen LogP contribution is -2.16. The molecular weight excluding hydrogens is 336 g/mol. The zero-order valence-corrected chi connectivity index (χ0v) is 16.3. The molecule has 0 aliphatic rings. The number of rotatable bonds is 8. The number of aromatic nitrogens is 3. The van der Waals surface area contributed by atoms with Crippen molar-refractivity contribution in [3.63, 3.8) is 0 Å². The Morgan fingerprint density at radius 3 is 2.72 bits per heavy atom. The van der Waals surface area contributed by atoms with E-state index < -0.39 is 0 Å². The van der Waals surface area contributed by atoms with Crippen LogP contribution in [-0.2, 0) is 16.1 Å². The Morgan fingerprint density at radius 2 is 2.08 bits per heavy atom. The Bertz CT molecular complexity index is 728. The van der Waals surface area contributed by atoms with E-state index in [0.29, 0.717) is 13.2 Å². The summed E-state index contributed by atoms with van der Waals surface area (Å²) in [6.45, 7) is 9.45. The van der Waals surface area contributed by atoms with Crippen LogP contribution in [0.25, 0.3) is 0 Å². The lowest BCUT2D eigenvalue weighted by atomic mass is 10.1. The number of nitrogens with one attached hydrogen (secondary N) is 1. The fourth-order valence-electron chi connectivity index (χ4n) is 2.50. The SMILES string of the molecule is COCCn1c(SCC(=O)Nc2ccc(C)cc2C)nnc1C(C)C. The topological polar surface area (TPSA) is 69.0 Å². The minimum atomic E-state index is -0.0515. The van der Waals surface area contributed by atoms with Crippen molar-refractivity contribution in [1.29, 1.82) is 0 Å². The molecule has 0 saturated heterocycles. The van der Waals surface area contributed by atoms with E-state index in [-0.39, 0.29) is 17.6 Å². The Morgan fingerprint density at radius 1 is 1.32 bits per heavy atom. The molecule has 0 fully saturated rings. The normalized spacial score (nSPS) is 11.1. The summed E-state index contributed by atoms with van der Waals surface area (Å²) in [6.07, 6.45) is 0. The number of hydrogen-bond donors (Lipinski definition) is 1. The van der Waals surface area contributed by atoms with Gasteiger partial charge in [-0.25, -0.2) is 0 Å². The van der Waals surface area contributed by atoms with Gasteiger partial charge in [-0.1, -0.05) is 43.3 Å². The highest BCUT2D eigenvalue weighted by Crippen LogP contribution is 2.22. The first kappa shape index (κ1) is 19.5. The summed E-state index contributed by atoms with van der Waals surface area (Å²) in [7, 11) is 1.67. The molecule has 25 heavy (non-hydrogen) atoms. The second kappa shape index (κ2) is 9.01. The van der Waals surface area contributed by atoms with Crippen LogP contribution in [0.15, 0.2) is 23.4 Å². The fourth-order valence-corrected chi connectivity index (χ4v) is 3.27. The molecule has 1 aromatic carbocycles. The monoisotopic (exact) mass is 362 g/mol. The lowest BCUT2D eigenvalue weighted by Gasteiger charge is -2.12. The molecule has 0 aliphatic carbocycles. The molecule has 1 heterocycles. The Labute approximate surface area is 153 Å². The molecule has 0 radical (unpaired) electrons. The number of thioether (sulfide) groups is 1. The maximum Gasteiger partial charge on any atom is 0.234 e. The van der Waals surface area contributed by atoms with Crippen LogP contribution in [-0.4, -0.2) is 40.1 Å². The van der Waals surface area contributed by atoms with Gasteiger partial charge in [0.1, 0.15) is 5.82 Å². The third-order valence-electron chi connectivity index (χ3n) is 3.77. The molecule has 0 unspecified atom stereocenters. The summed E-state index contributed by atoms with van der Waals surface area (Å²) in [6, 6.07) is 5.98. The smallest absolute Gasteiger partial charge is 0.234 e. The number of ether oxygens (including phenoxy) is 1. The first-order valence-electron chi connectivity index (χ1n) is 8.34. The van der Waals surface area contributed by atoms with E-state index in [4.69, 9.17) is 4.74 Å². The van der Waals surface area contributed by atoms with E-state index in [1.54, 1.807) is 7.11 Å². The number of amides is 1. The van der Waals surface area contributed by atoms with Crippen LogP contribution in [0.1, 0.15) is 36.7 Å². The maximum absolute atomic E-state index is 12.3. The molecule has 1 N–H and O–H groups in total. The zero-order chi connectivity index (χ0) is 18.4. The molecule has 136 valence electrons. The summed E-state index contributed by atoms with van der Waals surface area (Å²) in [5.41, 5.74) is 3.08. The van der Waals surface area contributed by atoms with Gasteiger partial charge >= 0.3 is 0 Å². The average molecular weight is 362 g/mol. The van der Waals surface area contributed by atoms with Crippen LogP contribution in [0, 0.1) is 13.8 Å². The van der Waals surface area contributed by atoms with E-state index in [2.05, 4.69) is 35.4 Å². The average Bonchev–Trinajstić information content (AvgIpc) is 2.96. The molecule has 2 rings (SSSR count). The van der Waals surface area contributed by atoms with Gasteiger partial charge in [0.25, 0.3) is 0 Å². The maximum atomic E-state index is 12.3. The predicted molar refractivity (Wildman–Crippen MR) is 101 cm³/mol. The van der Waals surface area contributed by atoms with Crippen LogP contribution in [0.2, 0.25) is 0 Å². The Hall–Kier alpha value is -1.86. The van der Waals surface area contributed by atoms with Crippen molar-refractivity contribution in [2.75, 3.05) is 24.8 Å². The van der Waals surface area contributed by atoms with E-state index in [0.717, 1.165) is 22.2 Å². The van der Waals surface area contributed by atoms with Gasteiger partial charge in [0.15, 0.2) is 5.16 Å². The quantitative estimate of drug-likeness (QED) is 0.729. The van der Waals surface area contributed by atoms with Crippen LogP contribution in [0.5, 0.6) is 0 Å². The number of hydrogen-bond acceptors (Lipinski definition) is 5. The first-order chi connectivity index (χ1) is 11.9. The number of anilines is 1. The van der Waals surface area contributed by atoms with Gasteiger partial charge in [-0.05, 0) is 25.5 Å². The zero-order valence-electron chi connectivity index (χ0n) is 15.5. The molecule has 0 bridgehead atoms. The standard InChI is InChI=1S/C18H26N4O2S/c1-12(2)17-20-21-18(22(17)8-9-24-5)25-11-16(23)19-15-7-6-13(3)10-14(15)4/h6-7,10,12H,8-9,11H2,1-5H3,(H,19,23). The van der Waals surface area contributed by atoms with Crippen molar-refractivity contribution in [3.8, 4) is 0 Å². The molecule has 1 amide bonds. The van der Waals surface area contributed by atoms with Crippen LogP contribution in [0.3, 0.4) is 0 Å². The summed E-state index contributed by atoms with van der Waals surface area (Å²) >= 11 is 1.39. The van der Waals surface area contributed by atoms with Crippen molar-refractivity contribution >= 4 is 23.4 Å². The number of nitrogens with zero attached hydrogens (tertiary/aromatic N) is 3. The largest absolute Gasteiger partial charge is 0.383 e. The van der Waals surface area contributed by atoms with Gasteiger partial charge in [-0.15, -0.1) is 10.2 Å². The van der Waals surface area contributed by atoms with E-state index in [1.165, 1.54) is 17.3 Å². The van der Waals surface area contributed by atoms with Gasteiger partial charge in [-0.2, -0.15) is 0 Å². The van der Waals surface area contributed by atoms with Gasteiger partial charge in [-0.3, -0.25) is 4.79 Å². The van der Waals surface area contributed by atoms with Crippen molar-refractivity contribution in [2.45, 2.75) is 45.3 Å². The predicted octanol–water partition coefficient (Wildman–Crippen LogP) is 3.40. The molecule has 0 saturated carbocycles. The molecule has 0 atom stereocenters. The number of carbonyl (C=O) groups is 1. The van der Waals surface area contributed by atoms with Crippen molar-refractivity contribution < 1.29 is 9.53 Å².